The van der Waals surface area contributed by atoms with E-state index in [0.717, 1.165) is 51.7 Å². The van der Waals surface area contributed by atoms with E-state index in [4.69, 9.17) is 0 Å². The Morgan fingerprint density at radius 2 is 0.808 bits per heavy atom. The van der Waals surface area contributed by atoms with E-state index in [1.54, 1.807) is 202 Å². The molecule has 760 valence electrons. The van der Waals surface area contributed by atoms with Crippen molar-refractivity contribution in [3.05, 3.63) is 410 Å². The fourth-order valence-electron chi connectivity index (χ4n) is 8.61. The molecule has 1 N–H and O–H groups in total. The second-order valence-corrected chi connectivity index (χ2v) is 27.5. The number of H-pyrrole nitrogens is 1. The molecule has 0 saturated heterocycles. The van der Waals surface area contributed by atoms with Crippen molar-refractivity contribution in [2.75, 3.05) is 46.2 Å². The SMILES string of the molecule is C1=CCC=C1.C1=CCC=CC1.C1=CCCC=C1.C1=CCN=C1.C1=CCN=C1.C1=CN=CC1.C1=CN=CC1.C1=CN=NC1.C1=NCN=C1.C1=NCN=C1.C1=NCN=N1.C1=NN=NC1.C1CCCC1.C1CCCCC1.c1ccccc1.c1ccncc1.c1ccnnc1.c1cnccn1.c1cncnc1.c1cnncn1.c1cnnnc1.c1cnoc1.c1cnsc1.c1cocn1.c1cscn1.c1ncncn1.c1nn[nH]n1. The number of benzene rings is 1. The molecule has 14 aliphatic rings. The molecule has 0 radical (unpaired) electrons. The number of thiazole rings is 1. The van der Waals surface area contributed by atoms with Crippen LogP contribution in [0.25, 0.3) is 0 Å². The third kappa shape index (κ3) is 120. The molecular weight excluding hydrogens is 1880 g/mol. The van der Waals surface area contributed by atoms with Gasteiger partial charge in [0.25, 0.3) is 0 Å². The Morgan fingerprint density at radius 1 is 0.288 bits per heavy atom. The molecule has 2 fully saturated rings. The van der Waals surface area contributed by atoms with Crippen molar-refractivity contribution in [3.8, 4) is 0 Å². The normalized spacial score (nSPS) is 13.4. The molecule has 44 heteroatoms. The van der Waals surface area contributed by atoms with Gasteiger partial charge in [0.05, 0.1) is 68.9 Å². The quantitative estimate of drug-likeness (QED) is 0.138. The summed E-state index contributed by atoms with van der Waals surface area (Å²) in [7, 11) is 0. The topological polar surface area (TPSA) is 536 Å². The highest BCUT2D eigenvalue weighted by molar-refractivity contribution is 7.07. The molecule has 9 aliphatic heterocycles. The maximum atomic E-state index is 4.47. The van der Waals surface area contributed by atoms with Gasteiger partial charge in [-0.3, -0.25) is 59.9 Å². The van der Waals surface area contributed by atoms with Gasteiger partial charge in [-0.15, -0.1) is 47.0 Å². The number of hydrogen-bond donors (Lipinski definition) is 1. The van der Waals surface area contributed by atoms with Crippen LogP contribution in [0.2, 0.25) is 0 Å². The number of azo groups is 2. The van der Waals surface area contributed by atoms with Gasteiger partial charge in [-0.2, -0.15) is 41.0 Å². The smallest absolute Gasteiger partial charge is 0.180 e. The van der Waals surface area contributed by atoms with Gasteiger partial charge in [-0.25, -0.2) is 44.3 Å². The number of nitrogens with zero attached hydrogens (tertiary/aromatic N) is 39. The van der Waals surface area contributed by atoms with Gasteiger partial charge in [0.15, 0.2) is 19.4 Å². The number of aromatic nitrogens is 24. The highest BCUT2D eigenvalue weighted by Crippen LogP contribution is 2.16. The first-order valence-corrected chi connectivity index (χ1v) is 47.7. The highest BCUT2D eigenvalue weighted by atomic mass is 32.1. The number of rotatable bonds is 0. The Kier molecular flexibility index (Phi) is 106. The van der Waals surface area contributed by atoms with Crippen LogP contribution in [0.15, 0.2) is 500 Å². The van der Waals surface area contributed by atoms with Crippen LogP contribution in [0.5, 0.6) is 0 Å². The summed E-state index contributed by atoms with van der Waals surface area (Å²) in [6.45, 7) is 5.03. The minimum atomic E-state index is 0.528. The summed E-state index contributed by atoms with van der Waals surface area (Å²) in [6, 6.07) is 28.5. The molecular formula is C102H128N40O2S2. The van der Waals surface area contributed by atoms with E-state index in [1.807, 2.05) is 139 Å². The average Bonchev–Trinajstić information content (AvgIpc) is 2.08. The maximum absolute atomic E-state index is 4.47. The molecule has 42 nitrogen and oxygen atoms in total. The first kappa shape index (κ1) is 126. The summed E-state index contributed by atoms with van der Waals surface area (Å²) < 4.78 is 12.6. The lowest BCUT2D eigenvalue weighted by Crippen LogP contribution is -1.85. The molecule has 0 atom stereocenters. The van der Waals surface area contributed by atoms with Crippen LogP contribution in [0.3, 0.4) is 0 Å². The second kappa shape index (κ2) is 123. The lowest BCUT2D eigenvalue weighted by atomic mass is 10.0. The van der Waals surface area contributed by atoms with Gasteiger partial charge in [-0.1, -0.05) is 221 Å². The van der Waals surface area contributed by atoms with Crippen molar-refractivity contribution < 1.29 is 8.94 Å². The Hall–Kier alpha value is -18.0. The van der Waals surface area contributed by atoms with Crippen molar-refractivity contribution in [3.63, 3.8) is 0 Å². The van der Waals surface area contributed by atoms with Gasteiger partial charge >= 0.3 is 0 Å². The Bertz CT molecular complexity index is 4020. The molecule has 1 aromatic carbocycles. The van der Waals surface area contributed by atoms with Crippen LogP contribution in [0, 0.1) is 0 Å². The fourth-order valence-corrected chi connectivity index (χ4v) is 9.32. The number of aromatic amines is 1. The van der Waals surface area contributed by atoms with Gasteiger partial charge in [0.2, 0.25) is 0 Å². The molecule has 21 heterocycles. The Morgan fingerprint density at radius 3 is 0.966 bits per heavy atom. The predicted molar refractivity (Wildman–Crippen MR) is 585 cm³/mol. The molecule has 0 amide bonds. The van der Waals surface area contributed by atoms with Crippen molar-refractivity contribution in [1.82, 2.24) is 121 Å². The van der Waals surface area contributed by atoms with Crippen molar-refractivity contribution in [2.24, 2.45) is 80.8 Å². The number of nitrogens with one attached hydrogen (secondary N) is 1. The monoisotopic (exact) mass is 2010 g/mol. The van der Waals surface area contributed by atoms with Crippen LogP contribution < -0.4 is 0 Å². The fraction of sp³-hybridized carbons (Fsp3) is 0.245. The molecule has 27 rings (SSSR count). The van der Waals surface area contributed by atoms with Gasteiger partial charge in [0, 0.05) is 172 Å². The van der Waals surface area contributed by atoms with Gasteiger partial charge in [-0.05, 0) is 121 Å². The number of pyridine rings is 1. The number of tetrazole rings is 1. The number of oxazole rings is 1. The van der Waals surface area contributed by atoms with E-state index in [-0.39, 0.29) is 0 Å². The zero-order valence-electron chi connectivity index (χ0n) is 81.7. The summed E-state index contributed by atoms with van der Waals surface area (Å²) in [5.41, 5.74) is 1.79. The molecule has 146 heavy (non-hydrogen) atoms. The minimum absolute atomic E-state index is 0.528. The third-order valence-corrected chi connectivity index (χ3v) is 15.9. The van der Waals surface area contributed by atoms with Crippen molar-refractivity contribution >= 4 is 85.1 Å². The second-order valence-electron chi connectivity index (χ2n) is 26.0. The minimum Gasteiger partial charge on any atom is -0.452 e. The first-order valence-electron chi connectivity index (χ1n) is 45.9. The van der Waals surface area contributed by atoms with E-state index in [9.17, 15) is 0 Å². The number of allylic oxidation sites excluding steroid dienone is 16. The largest absolute Gasteiger partial charge is 0.452 e. The van der Waals surface area contributed by atoms with Crippen LogP contribution in [0.1, 0.15) is 116 Å². The molecule has 2 saturated carbocycles. The summed E-state index contributed by atoms with van der Waals surface area (Å²) >= 11 is 3.06. The number of hydrogen-bond acceptors (Lipinski definition) is 43. The van der Waals surface area contributed by atoms with Crippen molar-refractivity contribution in [1.29, 1.82) is 0 Å². The van der Waals surface area contributed by atoms with Crippen LogP contribution in [-0.4, -0.2) is 229 Å². The molecule has 0 unspecified atom stereocenters. The summed E-state index contributed by atoms with van der Waals surface area (Å²) in [5, 5.41) is 67.7. The Balaban J connectivity index is 0.000000758. The van der Waals surface area contributed by atoms with Crippen LogP contribution >= 0.6 is 22.9 Å². The maximum Gasteiger partial charge on any atom is 0.180 e. The van der Waals surface area contributed by atoms with E-state index in [0.29, 0.717) is 26.6 Å². The van der Waals surface area contributed by atoms with E-state index >= 15 is 0 Å². The van der Waals surface area contributed by atoms with E-state index in [1.165, 1.54) is 164 Å². The highest BCUT2D eigenvalue weighted by Gasteiger charge is 1.96. The van der Waals surface area contributed by atoms with E-state index in [2.05, 4.69) is 283 Å². The summed E-state index contributed by atoms with van der Waals surface area (Å²) in [4.78, 5) is 74.0. The summed E-state index contributed by atoms with van der Waals surface area (Å²) in [6.07, 6.45) is 129. The average molecular weight is 2010 g/mol. The zero-order chi connectivity index (χ0) is 103. The molecule has 5 aliphatic carbocycles. The van der Waals surface area contributed by atoms with E-state index < -0.39 is 0 Å². The molecule has 12 aromatic heterocycles. The predicted octanol–water partition coefficient (Wildman–Crippen LogP) is 21.5. The van der Waals surface area contributed by atoms with Crippen LogP contribution in [0.4, 0.5) is 0 Å². The molecule has 0 bridgehead atoms. The number of aliphatic imine (C=N–C) groups is 9. The third-order valence-electron chi connectivity index (χ3n) is 14.9. The van der Waals surface area contributed by atoms with Gasteiger partial charge in [0.1, 0.15) is 63.8 Å². The first-order chi connectivity index (χ1) is 73.0. The van der Waals surface area contributed by atoms with Crippen molar-refractivity contribution in [2.45, 2.75) is 116 Å². The Labute approximate surface area is 862 Å². The zero-order valence-corrected chi connectivity index (χ0v) is 83.3. The molecule has 13 aromatic rings. The van der Waals surface area contributed by atoms with Crippen LogP contribution in [-0.2, 0) is 0 Å². The van der Waals surface area contributed by atoms with Gasteiger partial charge < -0.3 is 8.94 Å². The lowest BCUT2D eigenvalue weighted by molar-refractivity contribution is 0.420. The molecule has 0 spiro atoms. The summed E-state index contributed by atoms with van der Waals surface area (Å²) in [5.74, 6) is 0. The lowest BCUT2D eigenvalue weighted by Gasteiger charge is -2.05. The standard InChI is InChI=1S/C6H12.2C6H8.C6H6.C5H5N.C5H10.C5H6.3C4H4N2.4C4H5N.3C3H3N3.3C3H4N2.2C3H3NO.2C3H3NS.2C2H3N3.CH2N4/c5*1-2-4-6-5-3-1;2*1-2-4-5-3-1;1-2-6-4-3-5-1;1-2-5-4-6-3-1;1-2-4-6-5-3-1;4*1-2-4-5-3-1;1-4-2-6-3-5-1;1-2-5-6-3-4-1;1-2-4-6-5-3-1;2*1-2-5-3-4-1;1-2-4-5-3-1;1-2-5-3-4-1;1-2-4-5-3-1;1-2-5-3-4-1;1-2-4-5-3-1;1-3-2-5-4-1;2*1-2-4-5-3-1/h1-6H2;1-2,5-6H,3-4H2;1-4H,5-6H2;1-6H;1-5H;1-5H2;1-4H,5H2;3*1-4H;2*1,3-4H,2H2;2*1-3H,4H2;3*1-3H;3*1-2H,3H2;4*1-3H;2*1H,2H2;1H,(H,2,3,4,5).